The van der Waals surface area contributed by atoms with Crippen molar-refractivity contribution in [1.82, 2.24) is 5.32 Å². The molecule has 8 nitrogen and oxygen atoms in total. The Morgan fingerprint density at radius 3 is 2.41 bits per heavy atom. The van der Waals surface area contributed by atoms with Gasteiger partial charge in [-0.3, -0.25) is 9.59 Å². The fourth-order valence-corrected chi connectivity index (χ4v) is 3.82. The first-order valence-corrected chi connectivity index (χ1v) is 11.2. The summed E-state index contributed by atoms with van der Waals surface area (Å²) in [4.78, 5) is 36.6. The molecule has 0 aliphatic carbocycles. The summed E-state index contributed by atoms with van der Waals surface area (Å²) < 4.78 is 4.73. The van der Waals surface area contributed by atoms with Gasteiger partial charge in [0.25, 0.3) is 0 Å². The highest BCUT2D eigenvalue weighted by molar-refractivity contribution is 6.06. The molecule has 184 valence electrons. The number of carbonyl (C=O) groups is 3. The summed E-state index contributed by atoms with van der Waals surface area (Å²) in [6, 6.07) is 10.5. The fourth-order valence-electron chi connectivity index (χ4n) is 3.82. The first kappa shape index (κ1) is 26.9. The predicted octanol–water partition coefficient (Wildman–Crippen LogP) is 3.66. The Kier molecular flexibility index (Phi) is 9.20. The van der Waals surface area contributed by atoms with Crippen molar-refractivity contribution < 1.29 is 29.3 Å². The van der Waals surface area contributed by atoms with Crippen LogP contribution in [0.25, 0.3) is 0 Å². The second kappa shape index (κ2) is 11.7. The molecule has 2 aromatic carbocycles. The van der Waals surface area contributed by atoms with E-state index < -0.39 is 41.6 Å². The number of carboxylic acids is 1. The third-order valence-electron chi connectivity index (χ3n) is 5.84. The number of ether oxygens (including phenoxy) is 1. The number of carbonyl (C=O) groups excluding carboxylic acids is 2. The van der Waals surface area contributed by atoms with Crippen LogP contribution in [0.4, 0.5) is 5.69 Å². The van der Waals surface area contributed by atoms with E-state index in [1.807, 2.05) is 32.9 Å². The number of aryl methyl sites for hydroxylation is 1. The third kappa shape index (κ3) is 7.05. The maximum atomic E-state index is 13.3. The molecule has 0 aliphatic heterocycles. The standard InChI is InChI=1S/C26H34N2O6/c1-16-10-11-19(22(29)14-16)26(3,4)12-13-27-21(15-23(30)31)24(32)18-8-6-7-9-20(18)28-17(2)25(33)34-5/h6-11,14,17,21,27-29H,12-13,15H2,1-5H3,(H,30,31)/t17?,21-/m0/s1. The molecule has 0 saturated carbocycles. The van der Waals surface area contributed by atoms with Crippen LogP contribution in [-0.2, 0) is 19.7 Å². The van der Waals surface area contributed by atoms with Crippen LogP contribution < -0.4 is 10.6 Å². The number of phenolic OH excluding ortho intramolecular Hbond substituents is 1. The zero-order valence-electron chi connectivity index (χ0n) is 20.3. The van der Waals surface area contributed by atoms with Crippen molar-refractivity contribution in [3.63, 3.8) is 0 Å². The Hall–Kier alpha value is -3.39. The molecule has 0 fully saturated rings. The number of hydrogen-bond donors (Lipinski definition) is 4. The van der Waals surface area contributed by atoms with Crippen molar-refractivity contribution in [3.8, 4) is 5.75 Å². The van der Waals surface area contributed by atoms with Gasteiger partial charge in [-0.05, 0) is 61.6 Å². The number of methoxy groups -OCH3 is 1. The van der Waals surface area contributed by atoms with Crippen molar-refractivity contribution in [3.05, 3.63) is 59.2 Å². The predicted molar refractivity (Wildman–Crippen MR) is 130 cm³/mol. The zero-order valence-corrected chi connectivity index (χ0v) is 20.3. The summed E-state index contributed by atoms with van der Waals surface area (Å²) in [5, 5.41) is 25.8. The second-order valence-electron chi connectivity index (χ2n) is 9.06. The van der Waals surface area contributed by atoms with Gasteiger partial charge in [-0.2, -0.15) is 0 Å². The lowest BCUT2D eigenvalue weighted by Crippen LogP contribution is -2.41. The highest BCUT2D eigenvalue weighted by atomic mass is 16.5. The molecule has 2 rings (SSSR count). The van der Waals surface area contributed by atoms with E-state index in [0.29, 0.717) is 18.7 Å². The molecule has 2 atom stereocenters. The number of ketones is 1. The molecule has 0 spiro atoms. The molecule has 0 amide bonds. The topological polar surface area (TPSA) is 125 Å². The van der Waals surface area contributed by atoms with Gasteiger partial charge in [-0.15, -0.1) is 0 Å². The molecule has 1 unspecified atom stereocenters. The van der Waals surface area contributed by atoms with Crippen molar-refractivity contribution >= 4 is 23.4 Å². The Bertz CT molecular complexity index is 1030. The average molecular weight is 471 g/mol. The average Bonchev–Trinajstić information content (AvgIpc) is 2.77. The lowest BCUT2D eigenvalue weighted by Gasteiger charge is -2.28. The van der Waals surface area contributed by atoms with E-state index in [-0.39, 0.29) is 11.3 Å². The Morgan fingerprint density at radius 2 is 1.79 bits per heavy atom. The number of nitrogens with one attached hydrogen (secondary N) is 2. The number of anilines is 1. The number of carboxylic acid groups (broad SMARTS) is 1. The molecule has 34 heavy (non-hydrogen) atoms. The summed E-state index contributed by atoms with van der Waals surface area (Å²) in [7, 11) is 1.28. The van der Waals surface area contributed by atoms with Gasteiger partial charge < -0.3 is 25.6 Å². The number of aromatic hydroxyl groups is 1. The lowest BCUT2D eigenvalue weighted by molar-refractivity contribution is -0.141. The molecule has 0 radical (unpaired) electrons. The van der Waals surface area contributed by atoms with E-state index in [4.69, 9.17) is 4.74 Å². The normalized spacial score (nSPS) is 13.1. The Labute approximate surface area is 200 Å². The highest BCUT2D eigenvalue weighted by Gasteiger charge is 2.28. The number of Topliss-reactive ketones (excluding diaryl/α,β-unsaturated/α-hetero) is 1. The molecule has 0 aliphatic rings. The van der Waals surface area contributed by atoms with E-state index in [9.17, 15) is 24.6 Å². The van der Waals surface area contributed by atoms with Gasteiger partial charge in [0, 0.05) is 11.3 Å². The monoisotopic (exact) mass is 470 g/mol. The largest absolute Gasteiger partial charge is 0.508 e. The number of para-hydroxylation sites is 1. The molecule has 2 aromatic rings. The van der Waals surface area contributed by atoms with Gasteiger partial charge in [0.05, 0.1) is 19.6 Å². The van der Waals surface area contributed by atoms with Gasteiger partial charge in [-0.1, -0.05) is 38.1 Å². The number of benzene rings is 2. The summed E-state index contributed by atoms with van der Waals surface area (Å²) >= 11 is 0. The fraction of sp³-hybridized carbons (Fsp3) is 0.423. The van der Waals surface area contributed by atoms with Crippen LogP contribution in [0.2, 0.25) is 0 Å². The maximum Gasteiger partial charge on any atom is 0.327 e. The summed E-state index contributed by atoms with van der Waals surface area (Å²) in [5.41, 5.74) is 2.04. The number of phenols is 1. The van der Waals surface area contributed by atoms with E-state index in [1.165, 1.54) is 7.11 Å². The maximum absolute atomic E-state index is 13.3. The smallest absolute Gasteiger partial charge is 0.327 e. The van der Waals surface area contributed by atoms with Gasteiger partial charge in [-0.25, -0.2) is 4.79 Å². The van der Waals surface area contributed by atoms with Gasteiger partial charge in [0.1, 0.15) is 11.8 Å². The molecule has 8 heteroatoms. The van der Waals surface area contributed by atoms with Crippen LogP contribution >= 0.6 is 0 Å². The van der Waals surface area contributed by atoms with E-state index in [0.717, 1.165) is 11.1 Å². The van der Waals surface area contributed by atoms with E-state index in [2.05, 4.69) is 10.6 Å². The van der Waals surface area contributed by atoms with Gasteiger partial charge in [0.15, 0.2) is 5.78 Å². The molecular weight excluding hydrogens is 436 g/mol. The van der Waals surface area contributed by atoms with E-state index >= 15 is 0 Å². The minimum absolute atomic E-state index is 0.211. The second-order valence-corrected chi connectivity index (χ2v) is 9.06. The Balaban J connectivity index is 2.18. The zero-order chi connectivity index (χ0) is 25.5. The molecular formula is C26H34N2O6. The molecule has 0 bridgehead atoms. The van der Waals surface area contributed by atoms with Gasteiger partial charge >= 0.3 is 11.9 Å². The first-order chi connectivity index (χ1) is 16.0. The van der Waals surface area contributed by atoms with Crippen molar-refractivity contribution in [2.75, 3.05) is 19.0 Å². The van der Waals surface area contributed by atoms with Crippen molar-refractivity contribution in [2.24, 2.45) is 0 Å². The molecule has 0 saturated heterocycles. The summed E-state index contributed by atoms with van der Waals surface area (Å²) in [5.74, 6) is -1.76. The molecule has 4 N–H and O–H groups in total. The van der Waals surface area contributed by atoms with Crippen LogP contribution in [0, 0.1) is 6.92 Å². The third-order valence-corrected chi connectivity index (χ3v) is 5.84. The van der Waals surface area contributed by atoms with Crippen molar-refractivity contribution in [2.45, 2.75) is 58.0 Å². The van der Waals surface area contributed by atoms with Crippen LogP contribution in [0.15, 0.2) is 42.5 Å². The molecule has 0 aromatic heterocycles. The number of rotatable bonds is 12. The van der Waals surface area contributed by atoms with Gasteiger partial charge in [0.2, 0.25) is 0 Å². The highest BCUT2D eigenvalue weighted by Crippen LogP contribution is 2.34. The van der Waals surface area contributed by atoms with Crippen LogP contribution in [0.3, 0.4) is 0 Å². The van der Waals surface area contributed by atoms with Crippen LogP contribution in [-0.4, -0.2) is 53.7 Å². The number of hydrogen-bond acceptors (Lipinski definition) is 7. The van der Waals surface area contributed by atoms with Crippen molar-refractivity contribution in [1.29, 1.82) is 0 Å². The van der Waals surface area contributed by atoms with Crippen LogP contribution in [0.5, 0.6) is 5.75 Å². The lowest BCUT2D eigenvalue weighted by atomic mass is 9.80. The quantitative estimate of drug-likeness (QED) is 0.274. The number of esters is 1. The summed E-state index contributed by atoms with van der Waals surface area (Å²) in [6.45, 7) is 7.85. The Morgan fingerprint density at radius 1 is 1.12 bits per heavy atom. The number of aliphatic carboxylic acids is 1. The van der Waals surface area contributed by atoms with Crippen LogP contribution in [0.1, 0.15) is 55.1 Å². The van der Waals surface area contributed by atoms with E-state index in [1.54, 1.807) is 37.3 Å². The first-order valence-electron chi connectivity index (χ1n) is 11.2. The SMILES string of the molecule is COC(=O)C(C)Nc1ccccc1C(=O)[C@H](CC(=O)O)NCCC(C)(C)c1ccc(C)cc1O. The molecule has 0 heterocycles. The minimum atomic E-state index is -1.10. The summed E-state index contributed by atoms with van der Waals surface area (Å²) in [6.07, 6.45) is 0.169. The minimum Gasteiger partial charge on any atom is -0.508 e.